The predicted octanol–water partition coefficient (Wildman–Crippen LogP) is 0.0528. The van der Waals surface area contributed by atoms with Crippen LogP contribution in [-0.4, -0.2) is 32.2 Å². The molecule has 17 heavy (non-hydrogen) atoms. The van der Waals surface area contributed by atoms with Crippen molar-refractivity contribution in [1.29, 1.82) is 0 Å². The molecule has 1 amide bonds. The molecule has 1 aliphatic rings. The fraction of sp³-hybridized carbons (Fsp3) is 0.667. The minimum atomic E-state index is -4.34. The zero-order chi connectivity index (χ0) is 13.4. The molecule has 1 rings (SSSR count). The van der Waals surface area contributed by atoms with E-state index in [0.29, 0.717) is 10.6 Å². The zero-order valence-corrected chi connectivity index (χ0v) is 11.0. The maximum Gasteiger partial charge on any atom is 0.423 e. The van der Waals surface area contributed by atoms with Gasteiger partial charge in [0.25, 0.3) is 5.91 Å². The summed E-state index contributed by atoms with van der Waals surface area (Å²) in [5.41, 5.74) is 4.81. The van der Waals surface area contributed by atoms with Gasteiger partial charge in [-0.1, -0.05) is 12.5 Å². The molecule has 7 nitrogen and oxygen atoms in total. The van der Waals surface area contributed by atoms with Gasteiger partial charge in [0.2, 0.25) is 0 Å². The van der Waals surface area contributed by atoms with Gasteiger partial charge in [-0.15, -0.1) is 4.28 Å². The lowest BCUT2D eigenvalue weighted by Gasteiger charge is -2.26. The van der Waals surface area contributed by atoms with Crippen LogP contribution in [0, 0.1) is 0 Å². The summed E-state index contributed by atoms with van der Waals surface area (Å²) in [5.74, 6) is -0.629. The number of rotatable bonds is 1. The molecule has 0 aromatic carbocycles. The summed E-state index contributed by atoms with van der Waals surface area (Å²) >= 11 is 0. The molecule has 1 saturated heterocycles. The van der Waals surface area contributed by atoms with Crippen molar-refractivity contribution in [2.24, 2.45) is 5.73 Å². The van der Waals surface area contributed by atoms with Crippen LogP contribution in [0.25, 0.3) is 0 Å². The van der Waals surface area contributed by atoms with Crippen molar-refractivity contribution in [3.05, 3.63) is 11.1 Å². The second-order valence-corrected chi connectivity index (χ2v) is 5.12. The molecule has 2 N–H and O–H groups in total. The number of hydroxylamine groups is 2. The van der Waals surface area contributed by atoms with E-state index in [2.05, 4.69) is 4.28 Å². The highest BCUT2D eigenvalue weighted by molar-refractivity contribution is 7.81. The number of hydrogen-bond acceptors (Lipinski definition) is 6. The van der Waals surface area contributed by atoms with E-state index >= 15 is 0 Å². The molecule has 0 spiro atoms. The molecule has 1 atom stereocenters. The van der Waals surface area contributed by atoms with E-state index in [1.165, 1.54) is 7.05 Å². The summed E-state index contributed by atoms with van der Waals surface area (Å²) in [7, 11) is -3.15. The van der Waals surface area contributed by atoms with Crippen molar-refractivity contribution in [3.8, 4) is 0 Å². The van der Waals surface area contributed by atoms with Crippen LogP contribution in [-0.2, 0) is 23.7 Å². The molecule has 8 heteroatoms. The van der Waals surface area contributed by atoms with Crippen molar-refractivity contribution in [2.75, 3.05) is 7.05 Å². The van der Waals surface area contributed by atoms with Crippen molar-refractivity contribution in [1.82, 2.24) is 5.06 Å². The summed E-state index contributed by atoms with van der Waals surface area (Å²) in [6.45, 7) is 4.93. The number of nitrogens with two attached hydrogens (primary N) is 1. The molecule has 0 aromatic rings. The number of allylic oxidation sites excluding steroid dienone is 1. The summed E-state index contributed by atoms with van der Waals surface area (Å²) in [6, 6.07) is 0. The summed E-state index contributed by atoms with van der Waals surface area (Å²) < 4.78 is 32.0. The van der Waals surface area contributed by atoms with Crippen LogP contribution >= 0.6 is 0 Å². The average Bonchev–Trinajstić information content (AvgIpc) is 2.20. The second kappa shape index (κ2) is 4.37. The third-order valence-corrected chi connectivity index (χ3v) is 3.31. The summed E-state index contributed by atoms with van der Waals surface area (Å²) in [4.78, 5) is 12.0. The molecular weight excluding hydrogens is 248 g/mol. The standard InChI is InChI=1S/C9H16N2O5S/c1-5-9(10)7(6(2)3)8(12)11(4)16-17(13,14)15-9/h5,10H2,1-4H3. The SMILES string of the molecule is CCC1(N)OS(=O)(=O)ON(C)C(=O)C1=C(C)C. The monoisotopic (exact) mass is 264 g/mol. The average molecular weight is 264 g/mol. The highest BCUT2D eigenvalue weighted by Crippen LogP contribution is 2.30. The second-order valence-electron chi connectivity index (χ2n) is 3.99. The Kier molecular flexibility index (Phi) is 3.63. The van der Waals surface area contributed by atoms with E-state index < -0.39 is 22.0 Å². The lowest BCUT2D eigenvalue weighted by atomic mass is 9.96. The third kappa shape index (κ3) is 2.65. The van der Waals surface area contributed by atoms with E-state index in [9.17, 15) is 13.2 Å². The molecule has 1 heterocycles. The first-order chi connectivity index (χ1) is 7.63. The molecule has 0 aromatic heterocycles. The smallest absolute Gasteiger partial charge is 0.298 e. The number of carbonyl (C=O) groups is 1. The quantitative estimate of drug-likeness (QED) is 0.672. The van der Waals surface area contributed by atoms with Crippen LogP contribution in [0.5, 0.6) is 0 Å². The molecule has 1 unspecified atom stereocenters. The first-order valence-electron chi connectivity index (χ1n) is 5.03. The largest absolute Gasteiger partial charge is 0.423 e. The fourth-order valence-corrected chi connectivity index (χ4v) is 2.56. The van der Waals surface area contributed by atoms with Crippen LogP contribution < -0.4 is 5.73 Å². The van der Waals surface area contributed by atoms with Gasteiger partial charge >= 0.3 is 10.4 Å². The molecule has 0 saturated carbocycles. The first kappa shape index (κ1) is 14.1. The van der Waals surface area contributed by atoms with Gasteiger partial charge in [0, 0.05) is 7.05 Å². The van der Waals surface area contributed by atoms with Gasteiger partial charge in [-0.25, -0.2) is 9.25 Å². The molecule has 98 valence electrons. The number of likely N-dealkylation sites (N-methyl/N-ethyl adjacent to an activating group) is 1. The maximum atomic E-state index is 12.0. The minimum absolute atomic E-state index is 0.0866. The molecular formula is C9H16N2O5S. The lowest BCUT2D eigenvalue weighted by Crippen LogP contribution is -2.47. The van der Waals surface area contributed by atoms with E-state index in [-0.39, 0.29) is 12.0 Å². The third-order valence-electron chi connectivity index (χ3n) is 2.40. The number of carbonyl (C=O) groups excluding carboxylic acids is 1. The van der Waals surface area contributed by atoms with Crippen molar-refractivity contribution in [3.63, 3.8) is 0 Å². The Balaban J connectivity index is 3.46. The van der Waals surface area contributed by atoms with E-state index in [0.717, 1.165) is 0 Å². The van der Waals surface area contributed by atoms with Gasteiger partial charge in [0.1, 0.15) is 0 Å². The maximum absolute atomic E-state index is 12.0. The van der Waals surface area contributed by atoms with Crippen LogP contribution in [0.15, 0.2) is 11.1 Å². The molecule has 0 aliphatic carbocycles. The van der Waals surface area contributed by atoms with E-state index in [1.54, 1.807) is 20.8 Å². The molecule has 0 radical (unpaired) electrons. The van der Waals surface area contributed by atoms with Crippen LogP contribution in [0.4, 0.5) is 0 Å². The van der Waals surface area contributed by atoms with E-state index in [4.69, 9.17) is 9.92 Å². The van der Waals surface area contributed by atoms with Crippen LogP contribution in [0.1, 0.15) is 27.2 Å². The Morgan fingerprint density at radius 1 is 1.47 bits per heavy atom. The van der Waals surface area contributed by atoms with Crippen molar-refractivity contribution >= 4 is 16.3 Å². The highest BCUT2D eigenvalue weighted by atomic mass is 32.3. The Morgan fingerprint density at radius 2 is 2.00 bits per heavy atom. The summed E-state index contributed by atoms with van der Waals surface area (Å²) in [5, 5.41) is 0.599. The summed E-state index contributed by atoms with van der Waals surface area (Å²) in [6.07, 6.45) is 0.121. The van der Waals surface area contributed by atoms with Gasteiger partial charge < -0.3 is 0 Å². The van der Waals surface area contributed by atoms with Gasteiger partial charge in [0.15, 0.2) is 5.72 Å². The first-order valence-corrected chi connectivity index (χ1v) is 6.36. The molecule has 1 aliphatic heterocycles. The number of amides is 1. The van der Waals surface area contributed by atoms with Gasteiger partial charge in [0.05, 0.1) is 5.57 Å². The fourth-order valence-electron chi connectivity index (χ4n) is 1.62. The van der Waals surface area contributed by atoms with Gasteiger partial charge in [-0.3, -0.25) is 10.5 Å². The normalized spacial score (nSPS) is 29.1. The van der Waals surface area contributed by atoms with Gasteiger partial charge in [-0.2, -0.15) is 8.42 Å². The Hall–Kier alpha value is -0.960. The lowest BCUT2D eigenvalue weighted by molar-refractivity contribution is -0.147. The van der Waals surface area contributed by atoms with E-state index in [1.807, 2.05) is 0 Å². The highest BCUT2D eigenvalue weighted by Gasteiger charge is 2.45. The van der Waals surface area contributed by atoms with Crippen molar-refractivity contribution in [2.45, 2.75) is 32.9 Å². The topological polar surface area (TPSA) is 98.9 Å². The van der Waals surface area contributed by atoms with Crippen LogP contribution in [0.2, 0.25) is 0 Å². The van der Waals surface area contributed by atoms with Crippen molar-refractivity contribution < 1.29 is 21.7 Å². The Labute approximate surface area is 100 Å². The van der Waals surface area contributed by atoms with Crippen LogP contribution in [0.3, 0.4) is 0 Å². The zero-order valence-electron chi connectivity index (χ0n) is 10.2. The number of hydrogen-bond donors (Lipinski definition) is 1. The Bertz CT molecular complexity index is 466. The number of nitrogens with zero attached hydrogens (tertiary/aromatic N) is 1. The molecule has 0 bridgehead atoms. The molecule has 1 fully saturated rings. The minimum Gasteiger partial charge on any atom is -0.298 e. The Morgan fingerprint density at radius 3 is 2.41 bits per heavy atom. The van der Waals surface area contributed by atoms with Gasteiger partial charge in [-0.05, 0) is 20.3 Å². The predicted molar refractivity (Wildman–Crippen MR) is 59.4 cm³/mol.